The Kier molecular flexibility index (Phi) is 5.27. The molecule has 0 bridgehead atoms. The van der Waals surface area contributed by atoms with Gasteiger partial charge in [-0.05, 0) is 6.54 Å². The van der Waals surface area contributed by atoms with E-state index in [4.69, 9.17) is 0 Å². The van der Waals surface area contributed by atoms with Gasteiger partial charge in [-0.25, -0.2) is 9.78 Å². The summed E-state index contributed by atoms with van der Waals surface area (Å²) >= 11 is 1.24. The van der Waals surface area contributed by atoms with E-state index in [2.05, 4.69) is 27.0 Å². The van der Waals surface area contributed by atoms with Crippen molar-refractivity contribution in [2.75, 3.05) is 38.0 Å². The molecule has 1 amide bonds. The predicted octanol–water partition coefficient (Wildman–Crippen LogP) is 0.937. The summed E-state index contributed by atoms with van der Waals surface area (Å²) in [7, 11) is 0. The van der Waals surface area contributed by atoms with E-state index < -0.39 is 5.97 Å². The third-order valence-corrected chi connectivity index (χ3v) is 4.42. The summed E-state index contributed by atoms with van der Waals surface area (Å²) in [4.78, 5) is 31.6. The van der Waals surface area contributed by atoms with Gasteiger partial charge in [-0.1, -0.05) is 18.3 Å². The highest BCUT2D eigenvalue weighted by Crippen LogP contribution is 2.25. The second-order valence-corrected chi connectivity index (χ2v) is 6.07. The smallest absolute Gasteiger partial charge is 0.355 e. The molecule has 0 atom stereocenters. The first-order chi connectivity index (χ1) is 9.99. The first-order valence-electron chi connectivity index (χ1n) is 6.95. The van der Waals surface area contributed by atoms with E-state index in [0.29, 0.717) is 16.6 Å². The van der Waals surface area contributed by atoms with E-state index in [1.807, 2.05) is 0 Å². The molecule has 0 aromatic carbocycles. The van der Waals surface area contributed by atoms with Crippen molar-refractivity contribution < 1.29 is 14.7 Å². The summed E-state index contributed by atoms with van der Waals surface area (Å²) in [5.41, 5.74) is 0.0432. The Bertz CT molecular complexity index is 523. The molecule has 2 N–H and O–H groups in total. The number of carboxylic acid groups (broad SMARTS) is 1. The molecule has 1 aliphatic rings. The number of piperazine rings is 1. The Hall–Kier alpha value is -1.51. The van der Waals surface area contributed by atoms with E-state index in [0.717, 1.165) is 32.7 Å². The fourth-order valence-electron chi connectivity index (χ4n) is 2.30. The lowest BCUT2D eigenvalue weighted by Gasteiger charge is -2.33. The second-order valence-electron chi connectivity index (χ2n) is 4.99. The molecule has 0 spiro atoms. The Morgan fingerprint density at radius 3 is 2.43 bits per heavy atom. The van der Waals surface area contributed by atoms with Crippen LogP contribution in [0.25, 0.3) is 0 Å². The molecule has 2 heterocycles. The van der Waals surface area contributed by atoms with Crippen molar-refractivity contribution >= 4 is 28.3 Å². The third-order valence-electron chi connectivity index (χ3n) is 3.46. The molecule has 7 nitrogen and oxygen atoms in total. The minimum atomic E-state index is -1.05. The molecule has 0 radical (unpaired) electrons. The summed E-state index contributed by atoms with van der Waals surface area (Å²) in [5.74, 6) is -1.30. The highest BCUT2D eigenvalue weighted by atomic mass is 32.1. The number of anilines is 1. The lowest BCUT2D eigenvalue weighted by atomic mass is 10.3. The van der Waals surface area contributed by atoms with Gasteiger partial charge < -0.3 is 15.3 Å². The van der Waals surface area contributed by atoms with Crippen molar-refractivity contribution in [2.24, 2.45) is 0 Å². The predicted molar refractivity (Wildman–Crippen MR) is 80.8 cm³/mol. The number of aromatic carboxylic acids is 1. The molecule has 0 unspecified atom stereocenters. The fraction of sp³-hybridized carbons (Fsp3) is 0.615. The molecule has 1 aromatic heterocycles. The van der Waals surface area contributed by atoms with Gasteiger partial charge in [-0.3, -0.25) is 9.69 Å². The van der Waals surface area contributed by atoms with Crippen LogP contribution in [0.15, 0.2) is 0 Å². The number of hydrogen-bond donors (Lipinski definition) is 2. The minimum Gasteiger partial charge on any atom is -0.476 e. The van der Waals surface area contributed by atoms with Gasteiger partial charge >= 0.3 is 5.97 Å². The SMILES string of the molecule is CCN1CCN(Cc2sc(NC(C)=O)nc2C(=O)O)CC1. The largest absolute Gasteiger partial charge is 0.476 e. The summed E-state index contributed by atoms with van der Waals surface area (Å²) in [6, 6.07) is 0. The van der Waals surface area contributed by atoms with Crippen LogP contribution in [0.3, 0.4) is 0 Å². The number of nitrogens with zero attached hydrogens (tertiary/aromatic N) is 3. The number of carboxylic acids is 1. The van der Waals surface area contributed by atoms with Gasteiger partial charge in [0, 0.05) is 39.6 Å². The van der Waals surface area contributed by atoms with Crippen LogP contribution in [0.5, 0.6) is 0 Å². The van der Waals surface area contributed by atoms with Gasteiger partial charge in [0.15, 0.2) is 10.8 Å². The van der Waals surface area contributed by atoms with Gasteiger partial charge in [-0.15, -0.1) is 0 Å². The molecular formula is C13H20N4O3S. The number of carbonyl (C=O) groups is 2. The average molecular weight is 312 g/mol. The van der Waals surface area contributed by atoms with Crippen LogP contribution in [-0.4, -0.2) is 64.5 Å². The van der Waals surface area contributed by atoms with Crippen molar-refractivity contribution in [1.82, 2.24) is 14.8 Å². The Labute approximate surface area is 127 Å². The topological polar surface area (TPSA) is 85.8 Å². The van der Waals surface area contributed by atoms with Gasteiger partial charge in [0.2, 0.25) is 5.91 Å². The Morgan fingerprint density at radius 2 is 1.90 bits per heavy atom. The molecule has 1 aliphatic heterocycles. The highest BCUT2D eigenvalue weighted by Gasteiger charge is 2.22. The molecule has 0 aliphatic carbocycles. The monoisotopic (exact) mass is 312 g/mol. The number of hydrogen-bond acceptors (Lipinski definition) is 6. The van der Waals surface area contributed by atoms with Crippen molar-refractivity contribution in [3.8, 4) is 0 Å². The maximum absolute atomic E-state index is 11.3. The number of aromatic nitrogens is 1. The standard InChI is InChI=1S/C13H20N4O3S/c1-3-16-4-6-17(7-5-16)8-10-11(12(19)20)15-13(21-10)14-9(2)18/h3-8H2,1-2H3,(H,19,20)(H,14,15,18). The van der Waals surface area contributed by atoms with E-state index in [1.54, 1.807) is 0 Å². The number of carbonyl (C=O) groups excluding carboxylic acids is 1. The number of amides is 1. The van der Waals surface area contributed by atoms with E-state index in [1.165, 1.54) is 18.3 Å². The maximum atomic E-state index is 11.3. The van der Waals surface area contributed by atoms with Crippen LogP contribution in [0.1, 0.15) is 29.2 Å². The molecule has 1 saturated heterocycles. The molecule has 2 rings (SSSR count). The summed E-state index contributed by atoms with van der Waals surface area (Å²) < 4.78 is 0. The van der Waals surface area contributed by atoms with Gasteiger partial charge in [-0.2, -0.15) is 0 Å². The van der Waals surface area contributed by atoms with Crippen LogP contribution in [-0.2, 0) is 11.3 Å². The Morgan fingerprint density at radius 1 is 1.29 bits per heavy atom. The van der Waals surface area contributed by atoms with Gasteiger partial charge in [0.1, 0.15) is 0 Å². The zero-order valence-corrected chi connectivity index (χ0v) is 13.1. The van der Waals surface area contributed by atoms with Crippen LogP contribution in [0, 0.1) is 0 Å². The van der Waals surface area contributed by atoms with Gasteiger partial charge in [0.05, 0.1) is 4.88 Å². The van der Waals surface area contributed by atoms with E-state index in [-0.39, 0.29) is 11.6 Å². The number of thiazole rings is 1. The van der Waals surface area contributed by atoms with E-state index >= 15 is 0 Å². The first-order valence-corrected chi connectivity index (χ1v) is 7.76. The normalized spacial score (nSPS) is 16.9. The van der Waals surface area contributed by atoms with Crippen molar-refractivity contribution in [3.63, 3.8) is 0 Å². The highest BCUT2D eigenvalue weighted by molar-refractivity contribution is 7.16. The molecule has 21 heavy (non-hydrogen) atoms. The Balaban J connectivity index is 2.06. The van der Waals surface area contributed by atoms with E-state index in [9.17, 15) is 14.7 Å². The van der Waals surface area contributed by atoms with Crippen molar-refractivity contribution in [1.29, 1.82) is 0 Å². The third kappa shape index (κ3) is 4.23. The molecule has 0 saturated carbocycles. The zero-order chi connectivity index (χ0) is 15.4. The fourth-order valence-corrected chi connectivity index (χ4v) is 3.34. The summed E-state index contributed by atoms with van der Waals surface area (Å²) in [5, 5.41) is 12.1. The molecular weight excluding hydrogens is 292 g/mol. The van der Waals surface area contributed by atoms with Gasteiger partial charge in [0.25, 0.3) is 0 Å². The molecule has 1 aromatic rings. The number of nitrogens with one attached hydrogen (secondary N) is 1. The maximum Gasteiger partial charge on any atom is 0.355 e. The average Bonchev–Trinajstić information content (AvgIpc) is 2.81. The van der Waals surface area contributed by atoms with Crippen LogP contribution >= 0.6 is 11.3 Å². The quantitative estimate of drug-likeness (QED) is 0.841. The molecule has 8 heteroatoms. The van der Waals surface area contributed by atoms with Crippen LogP contribution in [0.4, 0.5) is 5.13 Å². The van der Waals surface area contributed by atoms with Crippen LogP contribution < -0.4 is 5.32 Å². The van der Waals surface area contributed by atoms with Crippen molar-refractivity contribution in [2.45, 2.75) is 20.4 Å². The van der Waals surface area contributed by atoms with Crippen molar-refractivity contribution in [3.05, 3.63) is 10.6 Å². The lowest BCUT2D eigenvalue weighted by Crippen LogP contribution is -2.45. The lowest BCUT2D eigenvalue weighted by molar-refractivity contribution is -0.114. The summed E-state index contributed by atoms with van der Waals surface area (Å²) in [6.45, 7) is 8.96. The molecule has 1 fully saturated rings. The zero-order valence-electron chi connectivity index (χ0n) is 12.3. The minimum absolute atomic E-state index is 0.0432. The first kappa shape index (κ1) is 15.9. The number of likely N-dealkylation sites (N-methyl/N-ethyl adjacent to an activating group) is 1. The second kappa shape index (κ2) is 6.97. The molecule has 116 valence electrons. The summed E-state index contributed by atoms with van der Waals surface area (Å²) in [6.07, 6.45) is 0. The van der Waals surface area contributed by atoms with Crippen LogP contribution in [0.2, 0.25) is 0 Å². The number of rotatable bonds is 5.